The zero-order valence-corrected chi connectivity index (χ0v) is 15.9. The van der Waals surface area contributed by atoms with Gasteiger partial charge >= 0.3 is 0 Å². The molecule has 3 heterocycles. The van der Waals surface area contributed by atoms with Gasteiger partial charge in [0.15, 0.2) is 0 Å². The zero-order chi connectivity index (χ0) is 20.2. The van der Waals surface area contributed by atoms with E-state index in [0.717, 1.165) is 23.6 Å². The van der Waals surface area contributed by atoms with Crippen LogP contribution >= 0.6 is 0 Å². The van der Waals surface area contributed by atoms with Crippen LogP contribution in [0.25, 0.3) is 0 Å². The molecule has 0 aliphatic carbocycles. The van der Waals surface area contributed by atoms with E-state index in [1.165, 1.54) is 0 Å². The normalized spacial score (nSPS) is 17.9. The third-order valence-electron chi connectivity index (χ3n) is 5.23. The fraction of sp³-hybridized carbons (Fsp3) is 0.333. The van der Waals surface area contributed by atoms with Gasteiger partial charge in [-0.1, -0.05) is 18.2 Å². The Morgan fingerprint density at radius 3 is 2.38 bits per heavy atom. The second kappa shape index (κ2) is 8.50. The van der Waals surface area contributed by atoms with E-state index in [9.17, 15) is 14.4 Å². The maximum atomic E-state index is 12.5. The average Bonchev–Trinajstić information content (AvgIpc) is 3.00. The summed E-state index contributed by atoms with van der Waals surface area (Å²) in [6, 6.07) is 10.4. The van der Waals surface area contributed by atoms with Crippen molar-refractivity contribution in [2.45, 2.75) is 6.04 Å². The van der Waals surface area contributed by atoms with Gasteiger partial charge in [0, 0.05) is 32.0 Å². The van der Waals surface area contributed by atoms with Crippen molar-refractivity contribution in [3.8, 4) is 0 Å². The third kappa shape index (κ3) is 4.03. The molecule has 0 saturated carbocycles. The van der Waals surface area contributed by atoms with Gasteiger partial charge < -0.3 is 10.1 Å². The molecule has 4 rings (SSSR count). The van der Waals surface area contributed by atoms with Crippen molar-refractivity contribution in [1.82, 2.24) is 20.1 Å². The molecule has 1 N–H and O–H groups in total. The monoisotopic (exact) mass is 394 g/mol. The standard InChI is InChI=1S/C21H22N4O4/c26-19(14-25-20(27)16-5-1-2-6-17(16)21(25)28)23-13-18(15-4-3-7-22-12-15)24-8-10-29-11-9-24/h1-7,12,18H,8-11,13-14H2,(H,23,26). The molecule has 1 atom stereocenters. The van der Waals surface area contributed by atoms with Gasteiger partial charge in [-0.3, -0.25) is 29.2 Å². The van der Waals surface area contributed by atoms with Gasteiger partial charge in [0.25, 0.3) is 11.8 Å². The molecule has 8 nitrogen and oxygen atoms in total. The predicted octanol–water partition coefficient (Wildman–Crippen LogP) is 0.867. The number of nitrogens with zero attached hydrogens (tertiary/aromatic N) is 3. The molecule has 0 bridgehead atoms. The third-order valence-corrected chi connectivity index (χ3v) is 5.23. The van der Waals surface area contributed by atoms with E-state index in [2.05, 4.69) is 15.2 Å². The summed E-state index contributed by atoms with van der Waals surface area (Å²) >= 11 is 0. The van der Waals surface area contributed by atoms with E-state index in [1.807, 2.05) is 12.1 Å². The summed E-state index contributed by atoms with van der Waals surface area (Å²) < 4.78 is 5.43. The van der Waals surface area contributed by atoms with Crippen LogP contribution in [0.15, 0.2) is 48.8 Å². The van der Waals surface area contributed by atoms with Gasteiger partial charge in [-0.05, 0) is 23.8 Å². The number of pyridine rings is 1. The molecule has 2 aromatic rings. The molecule has 2 aliphatic rings. The Morgan fingerprint density at radius 2 is 1.76 bits per heavy atom. The molecule has 0 spiro atoms. The van der Waals surface area contributed by atoms with Crippen molar-refractivity contribution >= 4 is 17.7 Å². The van der Waals surface area contributed by atoms with E-state index >= 15 is 0 Å². The number of hydrogen-bond donors (Lipinski definition) is 1. The number of nitrogens with one attached hydrogen (secondary N) is 1. The molecule has 2 aliphatic heterocycles. The molecule has 1 aromatic heterocycles. The molecule has 150 valence electrons. The summed E-state index contributed by atoms with van der Waals surface area (Å²) in [5, 5.41) is 2.88. The van der Waals surface area contributed by atoms with Crippen molar-refractivity contribution < 1.29 is 19.1 Å². The number of rotatable bonds is 6. The van der Waals surface area contributed by atoms with E-state index < -0.39 is 11.8 Å². The van der Waals surface area contributed by atoms with Crippen LogP contribution < -0.4 is 5.32 Å². The highest BCUT2D eigenvalue weighted by atomic mass is 16.5. The van der Waals surface area contributed by atoms with Crippen molar-refractivity contribution in [2.24, 2.45) is 0 Å². The molecule has 0 radical (unpaired) electrons. The highest BCUT2D eigenvalue weighted by Crippen LogP contribution is 2.23. The minimum atomic E-state index is -0.433. The molecule has 1 fully saturated rings. The largest absolute Gasteiger partial charge is 0.379 e. The first-order chi connectivity index (χ1) is 14.1. The van der Waals surface area contributed by atoms with Gasteiger partial charge in [0.05, 0.1) is 30.4 Å². The molecule has 1 aromatic carbocycles. The van der Waals surface area contributed by atoms with Crippen molar-refractivity contribution in [3.63, 3.8) is 0 Å². The molecule has 1 unspecified atom stereocenters. The second-order valence-electron chi connectivity index (χ2n) is 7.00. The van der Waals surface area contributed by atoms with Crippen LogP contribution in [0.2, 0.25) is 0 Å². The lowest BCUT2D eigenvalue weighted by Crippen LogP contribution is -2.46. The summed E-state index contributed by atoms with van der Waals surface area (Å²) in [7, 11) is 0. The van der Waals surface area contributed by atoms with Crippen LogP contribution in [0.4, 0.5) is 0 Å². The number of aromatic nitrogens is 1. The van der Waals surface area contributed by atoms with Gasteiger partial charge in [-0.25, -0.2) is 0 Å². The Kier molecular flexibility index (Phi) is 5.64. The number of carbonyl (C=O) groups is 3. The molecule has 1 saturated heterocycles. The van der Waals surface area contributed by atoms with E-state index in [1.54, 1.807) is 36.7 Å². The number of carbonyl (C=O) groups excluding carboxylic acids is 3. The number of imide groups is 1. The van der Waals surface area contributed by atoms with Crippen LogP contribution in [0.5, 0.6) is 0 Å². The topological polar surface area (TPSA) is 91.8 Å². The number of amides is 3. The number of ether oxygens (including phenoxy) is 1. The number of hydrogen-bond acceptors (Lipinski definition) is 6. The first-order valence-corrected chi connectivity index (χ1v) is 9.59. The highest BCUT2D eigenvalue weighted by Gasteiger charge is 2.36. The first kappa shape index (κ1) is 19.2. The highest BCUT2D eigenvalue weighted by molar-refractivity contribution is 6.22. The quantitative estimate of drug-likeness (QED) is 0.731. The Morgan fingerprint density at radius 1 is 1.07 bits per heavy atom. The van der Waals surface area contributed by atoms with Crippen LogP contribution in [0.3, 0.4) is 0 Å². The predicted molar refractivity (Wildman–Crippen MR) is 104 cm³/mol. The van der Waals surface area contributed by atoms with Crippen LogP contribution in [0, 0.1) is 0 Å². The Bertz CT molecular complexity index is 877. The summed E-state index contributed by atoms with van der Waals surface area (Å²) in [5.74, 6) is -1.24. The van der Waals surface area contributed by atoms with Gasteiger partial charge in [-0.15, -0.1) is 0 Å². The number of fused-ring (bicyclic) bond motifs is 1. The maximum absolute atomic E-state index is 12.5. The van der Waals surface area contributed by atoms with Crippen LogP contribution in [-0.4, -0.2) is 71.9 Å². The Balaban J connectivity index is 1.41. The summed E-state index contributed by atoms with van der Waals surface area (Å²) in [6.07, 6.45) is 3.50. The van der Waals surface area contributed by atoms with Crippen LogP contribution in [-0.2, 0) is 9.53 Å². The minimum absolute atomic E-state index is 0.0567. The molecule has 8 heteroatoms. The lowest BCUT2D eigenvalue weighted by Gasteiger charge is -2.34. The number of benzene rings is 1. The van der Waals surface area contributed by atoms with Crippen molar-refractivity contribution in [2.75, 3.05) is 39.4 Å². The Labute approximate surface area is 168 Å². The second-order valence-corrected chi connectivity index (χ2v) is 7.00. The molecule has 29 heavy (non-hydrogen) atoms. The van der Waals surface area contributed by atoms with Crippen molar-refractivity contribution in [3.05, 3.63) is 65.5 Å². The van der Waals surface area contributed by atoms with E-state index in [4.69, 9.17) is 4.74 Å². The summed E-state index contributed by atoms with van der Waals surface area (Å²) in [5.41, 5.74) is 1.68. The van der Waals surface area contributed by atoms with Crippen molar-refractivity contribution in [1.29, 1.82) is 0 Å². The summed E-state index contributed by atoms with van der Waals surface area (Å²) in [4.78, 5) is 44.9. The van der Waals surface area contributed by atoms with E-state index in [0.29, 0.717) is 30.9 Å². The average molecular weight is 394 g/mol. The lowest BCUT2D eigenvalue weighted by molar-refractivity contribution is -0.121. The molecule has 3 amide bonds. The van der Waals surface area contributed by atoms with Gasteiger partial charge in [0.1, 0.15) is 6.54 Å². The lowest BCUT2D eigenvalue weighted by atomic mass is 10.1. The van der Waals surface area contributed by atoms with Gasteiger partial charge in [-0.2, -0.15) is 0 Å². The molecular weight excluding hydrogens is 372 g/mol. The van der Waals surface area contributed by atoms with E-state index in [-0.39, 0.29) is 18.5 Å². The SMILES string of the molecule is O=C(CN1C(=O)c2ccccc2C1=O)NCC(c1cccnc1)N1CCOCC1. The summed E-state index contributed by atoms with van der Waals surface area (Å²) in [6.45, 7) is 2.85. The zero-order valence-electron chi connectivity index (χ0n) is 15.9. The maximum Gasteiger partial charge on any atom is 0.262 e. The minimum Gasteiger partial charge on any atom is -0.379 e. The van der Waals surface area contributed by atoms with Gasteiger partial charge in [0.2, 0.25) is 5.91 Å². The smallest absolute Gasteiger partial charge is 0.262 e. The first-order valence-electron chi connectivity index (χ1n) is 9.59. The molecular formula is C21H22N4O4. The number of morpholine rings is 1. The fourth-order valence-electron chi connectivity index (χ4n) is 3.71. The van der Waals surface area contributed by atoms with Crippen LogP contribution in [0.1, 0.15) is 32.3 Å². The Hall–Kier alpha value is -3.10. The fourth-order valence-corrected chi connectivity index (χ4v) is 3.71.